The van der Waals surface area contributed by atoms with Gasteiger partial charge in [0.15, 0.2) is 10.9 Å². The molecule has 5 nitrogen and oxygen atoms in total. The van der Waals surface area contributed by atoms with Crippen LogP contribution in [0.2, 0.25) is 0 Å². The molecule has 0 atom stereocenters. The highest BCUT2D eigenvalue weighted by atomic mass is 16.1. The van der Waals surface area contributed by atoms with Gasteiger partial charge in [-0.05, 0) is 41.6 Å². The molecule has 0 unspecified atom stereocenters. The third-order valence-corrected chi connectivity index (χ3v) is 1.67. The second kappa shape index (κ2) is 8.46. The van der Waals surface area contributed by atoms with Crippen LogP contribution in [0.15, 0.2) is 76.6 Å². The Hall–Kier alpha value is -2.69. The second-order valence-corrected chi connectivity index (χ2v) is 3.05. The van der Waals surface area contributed by atoms with Gasteiger partial charge in [-0.3, -0.25) is 9.59 Å². The van der Waals surface area contributed by atoms with E-state index < -0.39 is 0 Å². The summed E-state index contributed by atoms with van der Waals surface area (Å²) in [5, 5.41) is 10.7. The van der Waals surface area contributed by atoms with Crippen LogP contribution in [0.3, 0.4) is 0 Å². The van der Waals surface area contributed by atoms with Crippen molar-refractivity contribution in [2.45, 2.75) is 0 Å². The fraction of sp³-hybridized carbons (Fsp3) is 0. The average Bonchev–Trinajstić information content (AvgIpc) is 2.36. The molecule has 0 radical (unpaired) electrons. The van der Waals surface area contributed by atoms with Crippen LogP contribution < -0.4 is 10.9 Å². The van der Waals surface area contributed by atoms with Crippen molar-refractivity contribution in [2.24, 2.45) is 0 Å². The molecule has 18 heavy (non-hydrogen) atoms. The summed E-state index contributed by atoms with van der Waals surface area (Å²) < 4.78 is 0. The van der Waals surface area contributed by atoms with Crippen LogP contribution in [-0.2, 0) is 0 Å². The SMILES string of the molecule is O=c1cccccnnnccccc(=O)cc1. The lowest BCUT2D eigenvalue weighted by molar-refractivity contribution is 0.883. The first kappa shape index (κ1) is 13.4. The smallest absolute Gasteiger partial charge is 0.178 e. The molecule has 1 aromatic rings. The molecule has 0 N–H and O–H groups in total. The molecule has 5 heteroatoms. The summed E-state index contributed by atoms with van der Waals surface area (Å²) >= 11 is 0. The highest BCUT2D eigenvalue weighted by Crippen LogP contribution is 1.69. The molecule has 1 aromatic heterocycles. The van der Waals surface area contributed by atoms with E-state index in [2.05, 4.69) is 15.4 Å². The number of hydrogen-bond acceptors (Lipinski definition) is 5. The predicted molar refractivity (Wildman–Crippen MR) is 67.6 cm³/mol. The Bertz CT molecular complexity index is 563. The van der Waals surface area contributed by atoms with Gasteiger partial charge in [-0.2, -0.15) is 0 Å². The summed E-state index contributed by atoms with van der Waals surface area (Å²) in [4.78, 5) is 22.5. The van der Waals surface area contributed by atoms with E-state index in [0.29, 0.717) is 0 Å². The number of hydrogen-bond donors (Lipinski definition) is 0. The van der Waals surface area contributed by atoms with Gasteiger partial charge in [0.2, 0.25) is 0 Å². The van der Waals surface area contributed by atoms with Crippen LogP contribution in [0, 0.1) is 0 Å². The minimum absolute atomic E-state index is 0.263. The Kier molecular flexibility index (Phi) is 6.29. The number of aromatic nitrogens is 3. The Morgan fingerprint density at radius 1 is 0.611 bits per heavy atom. The van der Waals surface area contributed by atoms with Crippen molar-refractivity contribution < 1.29 is 0 Å². The van der Waals surface area contributed by atoms with E-state index in [1.165, 1.54) is 48.8 Å². The quantitative estimate of drug-likeness (QED) is 0.673. The van der Waals surface area contributed by atoms with Gasteiger partial charge >= 0.3 is 0 Å². The third-order valence-electron chi connectivity index (χ3n) is 1.67. The minimum atomic E-state index is -0.279. The first-order chi connectivity index (χ1) is 8.79. The number of rotatable bonds is 0. The molecule has 0 aliphatic heterocycles. The van der Waals surface area contributed by atoms with Crippen LogP contribution >= 0.6 is 0 Å². The van der Waals surface area contributed by atoms with Crippen LogP contribution in [0.25, 0.3) is 0 Å². The molecule has 1 heterocycles. The van der Waals surface area contributed by atoms with Gasteiger partial charge < -0.3 is 0 Å². The van der Waals surface area contributed by atoms with Crippen LogP contribution in [0.5, 0.6) is 0 Å². The molecular formula is C13H11N3O2. The topological polar surface area (TPSA) is 72.8 Å². The highest BCUT2D eigenvalue weighted by molar-refractivity contribution is 4.97. The summed E-state index contributed by atoms with van der Waals surface area (Å²) in [7, 11) is 0. The van der Waals surface area contributed by atoms with Crippen molar-refractivity contribution in [1.29, 1.82) is 0 Å². The maximum atomic E-state index is 11.3. The first-order valence-corrected chi connectivity index (χ1v) is 5.15. The molecule has 0 aliphatic carbocycles. The molecule has 0 saturated heterocycles. The molecular weight excluding hydrogens is 230 g/mol. The Morgan fingerprint density at radius 2 is 1.11 bits per heavy atom. The molecule has 0 amide bonds. The van der Waals surface area contributed by atoms with E-state index in [1.807, 2.05) is 0 Å². The van der Waals surface area contributed by atoms with Crippen molar-refractivity contribution in [3.05, 3.63) is 87.4 Å². The zero-order chi connectivity index (χ0) is 13.1. The second-order valence-electron chi connectivity index (χ2n) is 3.05. The molecule has 0 spiro atoms. The zero-order valence-corrected chi connectivity index (χ0v) is 9.51. The van der Waals surface area contributed by atoms with Crippen molar-refractivity contribution in [3.8, 4) is 0 Å². The summed E-state index contributed by atoms with van der Waals surface area (Å²) in [6.07, 6.45) is 2.83. The van der Waals surface area contributed by atoms with Crippen LogP contribution in [-0.4, -0.2) is 15.4 Å². The van der Waals surface area contributed by atoms with Crippen LogP contribution in [0.4, 0.5) is 0 Å². The Balaban J connectivity index is 3.31. The van der Waals surface area contributed by atoms with E-state index in [1.54, 1.807) is 18.2 Å². The third kappa shape index (κ3) is 6.73. The van der Waals surface area contributed by atoms with Gasteiger partial charge in [-0.25, -0.2) is 0 Å². The van der Waals surface area contributed by atoms with Crippen molar-refractivity contribution >= 4 is 0 Å². The fourth-order valence-electron chi connectivity index (χ4n) is 0.906. The van der Waals surface area contributed by atoms with Crippen molar-refractivity contribution in [2.75, 3.05) is 0 Å². The molecule has 0 fully saturated rings. The minimum Gasteiger partial charge on any atom is -0.290 e. The van der Waals surface area contributed by atoms with E-state index >= 15 is 0 Å². The monoisotopic (exact) mass is 241 g/mol. The molecule has 0 aromatic carbocycles. The maximum Gasteiger partial charge on any atom is 0.178 e. The van der Waals surface area contributed by atoms with Gasteiger partial charge in [0, 0.05) is 0 Å². The van der Waals surface area contributed by atoms with Gasteiger partial charge in [0.25, 0.3) is 0 Å². The van der Waals surface area contributed by atoms with Crippen molar-refractivity contribution in [3.63, 3.8) is 0 Å². The lowest BCUT2D eigenvalue weighted by Crippen LogP contribution is -1.95. The Labute approximate surface area is 103 Å². The summed E-state index contributed by atoms with van der Waals surface area (Å²) in [5.74, 6) is 0. The van der Waals surface area contributed by atoms with Gasteiger partial charge in [0.05, 0.1) is 12.4 Å². The van der Waals surface area contributed by atoms with Crippen LogP contribution in [0.1, 0.15) is 0 Å². The molecule has 1 rings (SSSR count). The predicted octanol–water partition coefficient (Wildman–Crippen LogP) is 0.841. The zero-order valence-electron chi connectivity index (χ0n) is 9.51. The molecule has 0 saturated carbocycles. The van der Waals surface area contributed by atoms with Gasteiger partial charge in [0.1, 0.15) is 0 Å². The first-order valence-electron chi connectivity index (χ1n) is 5.15. The lowest BCUT2D eigenvalue weighted by Gasteiger charge is -1.69. The van der Waals surface area contributed by atoms with E-state index in [0.717, 1.165) is 0 Å². The largest absolute Gasteiger partial charge is 0.290 e. The van der Waals surface area contributed by atoms with Crippen molar-refractivity contribution in [1.82, 2.24) is 15.4 Å². The Morgan fingerprint density at radius 3 is 1.72 bits per heavy atom. The summed E-state index contributed by atoms with van der Waals surface area (Å²) in [5.41, 5.74) is -0.542. The molecule has 0 bridgehead atoms. The molecule has 90 valence electrons. The van der Waals surface area contributed by atoms with E-state index in [9.17, 15) is 9.59 Å². The molecule has 0 aliphatic rings. The van der Waals surface area contributed by atoms with E-state index in [-0.39, 0.29) is 10.9 Å². The summed E-state index contributed by atoms with van der Waals surface area (Å²) in [6, 6.07) is 12.9. The average molecular weight is 241 g/mol. The fourth-order valence-corrected chi connectivity index (χ4v) is 0.906. The standard InChI is InChI=1S/C13H11N3O2/c17-12-6-2-1-4-10-14-16-15-11-5-3-7-13(18)9-8-12/h1-11H. The number of nitrogens with zero attached hydrogens (tertiary/aromatic N) is 3. The van der Waals surface area contributed by atoms with Gasteiger partial charge in [-0.1, -0.05) is 18.2 Å². The summed E-state index contributed by atoms with van der Waals surface area (Å²) in [6.45, 7) is 0. The van der Waals surface area contributed by atoms with E-state index in [4.69, 9.17) is 0 Å². The maximum absolute atomic E-state index is 11.3. The highest BCUT2D eigenvalue weighted by Gasteiger charge is 1.73. The normalized spacial score (nSPS) is 8.44. The lowest BCUT2D eigenvalue weighted by atomic mass is 10.4. The van der Waals surface area contributed by atoms with Gasteiger partial charge in [-0.15, -0.1) is 10.2 Å².